The van der Waals surface area contributed by atoms with Crippen molar-refractivity contribution in [3.63, 3.8) is 0 Å². The van der Waals surface area contributed by atoms with E-state index in [0.717, 1.165) is 35.5 Å². The minimum Gasteiger partial charge on any atom is -0.342 e. The van der Waals surface area contributed by atoms with Crippen LogP contribution in [0, 0.1) is 0 Å². The van der Waals surface area contributed by atoms with Gasteiger partial charge in [0.05, 0.1) is 17.1 Å². The molecule has 3 rings (SSSR count). The van der Waals surface area contributed by atoms with Gasteiger partial charge in [-0.15, -0.1) is 0 Å². The molecule has 0 aliphatic rings. The maximum Gasteiger partial charge on any atom is 0.241 e. The fraction of sp³-hybridized carbons (Fsp3) is 0.263. The lowest BCUT2D eigenvalue weighted by atomic mass is 10.2. The number of benzene rings is 2. The Hall–Kier alpha value is -2.66. The van der Waals surface area contributed by atoms with E-state index in [4.69, 9.17) is 0 Å². The van der Waals surface area contributed by atoms with Crippen LogP contribution < -0.4 is 5.32 Å². The standard InChI is InChI=1S/C19H22N4O/c1-14(19(24)20-15-8-4-3-5-9-15)23(2)13-12-18-21-16-10-6-7-11-17(16)22-18/h3-11,14H,12-13H2,1-2H3,(H,20,24)(H,21,22)/t14-/m0/s1. The Bertz CT molecular complexity index is 779. The molecule has 1 atom stereocenters. The van der Waals surface area contributed by atoms with Crippen molar-refractivity contribution in [1.29, 1.82) is 0 Å². The summed E-state index contributed by atoms with van der Waals surface area (Å²) in [4.78, 5) is 22.3. The van der Waals surface area contributed by atoms with Gasteiger partial charge in [-0.1, -0.05) is 30.3 Å². The lowest BCUT2D eigenvalue weighted by molar-refractivity contribution is -0.120. The molecule has 124 valence electrons. The molecule has 3 aromatic rings. The van der Waals surface area contributed by atoms with Crippen LogP contribution in [0.3, 0.4) is 0 Å². The van der Waals surface area contributed by atoms with Crippen LogP contribution in [-0.4, -0.2) is 40.4 Å². The molecule has 0 saturated carbocycles. The number of likely N-dealkylation sites (N-methyl/N-ethyl adjacent to an activating group) is 1. The lowest BCUT2D eigenvalue weighted by Crippen LogP contribution is -2.40. The first-order valence-electron chi connectivity index (χ1n) is 8.13. The third kappa shape index (κ3) is 3.81. The molecule has 0 radical (unpaired) electrons. The van der Waals surface area contributed by atoms with Crippen LogP contribution in [0.25, 0.3) is 11.0 Å². The first-order valence-corrected chi connectivity index (χ1v) is 8.13. The molecule has 24 heavy (non-hydrogen) atoms. The second-order valence-electron chi connectivity index (χ2n) is 5.96. The molecule has 5 heteroatoms. The number of fused-ring (bicyclic) bond motifs is 1. The second kappa shape index (κ2) is 7.27. The van der Waals surface area contributed by atoms with Gasteiger partial charge in [0.25, 0.3) is 0 Å². The third-order valence-corrected chi connectivity index (χ3v) is 4.22. The summed E-state index contributed by atoms with van der Waals surface area (Å²) in [5.41, 5.74) is 2.84. The molecule has 0 aliphatic carbocycles. The van der Waals surface area contributed by atoms with Gasteiger partial charge in [-0.05, 0) is 38.2 Å². The van der Waals surface area contributed by atoms with Crippen LogP contribution in [0.15, 0.2) is 54.6 Å². The first kappa shape index (κ1) is 16.2. The highest BCUT2D eigenvalue weighted by atomic mass is 16.2. The SMILES string of the molecule is C[C@@H](C(=O)Nc1ccccc1)N(C)CCc1nc2ccccc2[nH]1. The van der Waals surface area contributed by atoms with E-state index < -0.39 is 0 Å². The Labute approximate surface area is 141 Å². The van der Waals surface area contributed by atoms with Crippen LogP contribution in [0.2, 0.25) is 0 Å². The number of rotatable bonds is 6. The Morgan fingerprint density at radius 2 is 1.88 bits per heavy atom. The summed E-state index contributed by atoms with van der Waals surface area (Å²) < 4.78 is 0. The highest BCUT2D eigenvalue weighted by Gasteiger charge is 2.18. The predicted molar refractivity (Wildman–Crippen MR) is 97.0 cm³/mol. The molecular formula is C19H22N4O. The van der Waals surface area contributed by atoms with Crippen molar-refractivity contribution in [1.82, 2.24) is 14.9 Å². The summed E-state index contributed by atoms with van der Waals surface area (Å²) >= 11 is 0. The predicted octanol–water partition coefficient (Wildman–Crippen LogP) is 3.06. The molecule has 0 aliphatic heterocycles. The normalized spacial score (nSPS) is 12.5. The van der Waals surface area contributed by atoms with E-state index in [-0.39, 0.29) is 11.9 Å². The largest absolute Gasteiger partial charge is 0.342 e. The summed E-state index contributed by atoms with van der Waals surface area (Å²) in [5, 5.41) is 2.94. The van der Waals surface area contributed by atoms with Gasteiger partial charge >= 0.3 is 0 Å². The molecule has 0 spiro atoms. The number of para-hydroxylation sites is 3. The lowest BCUT2D eigenvalue weighted by Gasteiger charge is -2.23. The second-order valence-corrected chi connectivity index (χ2v) is 5.96. The van der Waals surface area contributed by atoms with Crippen molar-refractivity contribution in [2.45, 2.75) is 19.4 Å². The van der Waals surface area contributed by atoms with E-state index in [1.54, 1.807) is 0 Å². The zero-order valence-electron chi connectivity index (χ0n) is 14.0. The highest BCUT2D eigenvalue weighted by Crippen LogP contribution is 2.12. The maximum absolute atomic E-state index is 12.3. The molecule has 1 aromatic heterocycles. The third-order valence-electron chi connectivity index (χ3n) is 4.22. The van der Waals surface area contributed by atoms with Crippen molar-refractivity contribution < 1.29 is 4.79 Å². The number of aromatic nitrogens is 2. The van der Waals surface area contributed by atoms with Gasteiger partial charge in [0, 0.05) is 18.7 Å². The zero-order chi connectivity index (χ0) is 16.9. The van der Waals surface area contributed by atoms with Crippen molar-refractivity contribution >= 4 is 22.6 Å². The average Bonchev–Trinajstić information content (AvgIpc) is 3.02. The van der Waals surface area contributed by atoms with E-state index in [2.05, 4.69) is 15.3 Å². The number of carbonyl (C=O) groups excluding carboxylic acids is 1. The van der Waals surface area contributed by atoms with Gasteiger partial charge in [-0.3, -0.25) is 9.69 Å². The molecule has 0 saturated heterocycles. The Kier molecular flexibility index (Phi) is 4.91. The van der Waals surface area contributed by atoms with E-state index in [9.17, 15) is 4.79 Å². The molecule has 5 nitrogen and oxygen atoms in total. The fourth-order valence-electron chi connectivity index (χ4n) is 2.57. The summed E-state index contributed by atoms with van der Waals surface area (Å²) in [7, 11) is 1.96. The van der Waals surface area contributed by atoms with Crippen LogP contribution >= 0.6 is 0 Å². The minimum absolute atomic E-state index is 0.00620. The molecule has 0 bridgehead atoms. The van der Waals surface area contributed by atoms with Gasteiger partial charge in [-0.25, -0.2) is 4.98 Å². The van der Waals surface area contributed by atoms with Crippen molar-refractivity contribution in [3.8, 4) is 0 Å². The van der Waals surface area contributed by atoms with Crippen molar-refractivity contribution in [3.05, 3.63) is 60.4 Å². The van der Waals surface area contributed by atoms with Crippen LogP contribution in [0.5, 0.6) is 0 Å². The number of anilines is 1. The number of hydrogen-bond donors (Lipinski definition) is 2. The van der Waals surface area contributed by atoms with E-state index in [1.165, 1.54) is 0 Å². The van der Waals surface area contributed by atoms with E-state index >= 15 is 0 Å². The molecule has 1 heterocycles. The molecule has 0 fully saturated rings. The zero-order valence-corrected chi connectivity index (χ0v) is 14.0. The fourth-order valence-corrected chi connectivity index (χ4v) is 2.57. The minimum atomic E-state index is -0.213. The number of nitrogens with zero attached hydrogens (tertiary/aromatic N) is 2. The molecule has 1 amide bonds. The van der Waals surface area contributed by atoms with Gasteiger partial charge in [0.2, 0.25) is 5.91 Å². The number of nitrogens with one attached hydrogen (secondary N) is 2. The van der Waals surface area contributed by atoms with Crippen molar-refractivity contribution in [2.24, 2.45) is 0 Å². The highest BCUT2D eigenvalue weighted by molar-refractivity contribution is 5.94. The average molecular weight is 322 g/mol. The number of imidazole rings is 1. The van der Waals surface area contributed by atoms with E-state index in [1.807, 2.05) is 73.5 Å². The van der Waals surface area contributed by atoms with Gasteiger partial charge in [-0.2, -0.15) is 0 Å². The van der Waals surface area contributed by atoms with Crippen LogP contribution in [-0.2, 0) is 11.2 Å². The quantitative estimate of drug-likeness (QED) is 0.733. The Morgan fingerprint density at radius 1 is 1.17 bits per heavy atom. The molecular weight excluding hydrogens is 300 g/mol. The van der Waals surface area contributed by atoms with Gasteiger partial charge < -0.3 is 10.3 Å². The summed E-state index contributed by atoms with van der Waals surface area (Å²) in [6.45, 7) is 2.67. The van der Waals surface area contributed by atoms with Crippen LogP contribution in [0.1, 0.15) is 12.7 Å². The number of H-pyrrole nitrogens is 1. The number of carbonyl (C=O) groups is 1. The molecule has 2 aromatic carbocycles. The number of hydrogen-bond acceptors (Lipinski definition) is 3. The molecule has 2 N–H and O–H groups in total. The molecule has 0 unspecified atom stereocenters. The maximum atomic E-state index is 12.3. The smallest absolute Gasteiger partial charge is 0.241 e. The first-order chi connectivity index (χ1) is 11.6. The summed E-state index contributed by atoms with van der Waals surface area (Å²) in [5.74, 6) is 0.937. The summed E-state index contributed by atoms with van der Waals surface area (Å²) in [6, 6.07) is 17.3. The van der Waals surface area contributed by atoms with Gasteiger partial charge in [0.15, 0.2) is 0 Å². The van der Waals surface area contributed by atoms with Gasteiger partial charge in [0.1, 0.15) is 5.82 Å². The van der Waals surface area contributed by atoms with Crippen LogP contribution in [0.4, 0.5) is 5.69 Å². The summed E-state index contributed by atoms with van der Waals surface area (Å²) in [6.07, 6.45) is 0.772. The Morgan fingerprint density at radius 3 is 2.62 bits per heavy atom. The monoisotopic (exact) mass is 322 g/mol. The van der Waals surface area contributed by atoms with E-state index in [0.29, 0.717) is 0 Å². The number of amides is 1. The van der Waals surface area contributed by atoms with Crippen molar-refractivity contribution in [2.75, 3.05) is 18.9 Å². The number of aromatic amines is 1. The Balaban J connectivity index is 1.55. The topological polar surface area (TPSA) is 61.0 Å².